The molecule has 21 heavy (non-hydrogen) atoms. The van der Waals surface area contributed by atoms with Gasteiger partial charge in [-0.2, -0.15) is 0 Å². The Morgan fingerprint density at radius 1 is 1.14 bits per heavy atom. The van der Waals surface area contributed by atoms with Crippen molar-refractivity contribution in [1.82, 2.24) is 9.97 Å². The number of sulfone groups is 1. The second-order valence-electron chi connectivity index (χ2n) is 5.02. The van der Waals surface area contributed by atoms with Crippen LogP contribution in [0.3, 0.4) is 0 Å². The number of nitrogens with one attached hydrogen (secondary N) is 1. The van der Waals surface area contributed by atoms with Crippen molar-refractivity contribution in [3.05, 3.63) is 47.0 Å². The number of imidazole rings is 1. The van der Waals surface area contributed by atoms with Gasteiger partial charge in [0.25, 0.3) is 0 Å². The SMILES string of the molecule is Cc1ccc(-c2nc3ccc(S(C)(=O)=O)cc3[nH]2)c(Cl)c1. The van der Waals surface area contributed by atoms with E-state index in [1.165, 1.54) is 6.26 Å². The first kappa shape index (κ1) is 14.1. The van der Waals surface area contributed by atoms with Crippen LogP contribution in [0.5, 0.6) is 0 Å². The molecule has 4 nitrogen and oxygen atoms in total. The molecule has 0 atom stereocenters. The third-order valence-electron chi connectivity index (χ3n) is 3.26. The fourth-order valence-corrected chi connectivity index (χ4v) is 3.13. The van der Waals surface area contributed by atoms with Crippen LogP contribution in [0.25, 0.3) is 22.4 Å². The second kappa shape index (κ2) is 4.86. The van der Waals surface area contributed by atoms with Gasteiger partial charge in [-0.05, 0) is 42.8 Å². The number of fused-ring (bicyclic) bond motifs is 1. The molecule has 0 unspecified atom stereocenters. The maximum absolute atomic E-state index is 11.6. The van der Waals surface area contributed by atoms with Crippen LogP contribution in [0.1, 0.15) is 5.56 Å². The third-order valence-corrected chi connectivity index (χ3v) is 4.68. The quantitative estimate of drug-likeness (QED) is 0.784. The number of aromatic nitrogens is 2. The number of hydrogen-bond donors (Lipinski definition) is 1. The zero-order chi connectivity index (χ0) is 15.2. The summed E-state index contributed by atoms with van der Waals surface area (Å²) in [6, 6.07) is 10.5. The van der Waals surface area contributed by atoms with Gasteiger partial charge in [-0.15, -0.1) is 0 Å². The molecule has 3 aromatic rings. The summed E-state index contributed by atoms with van der Waals surface area (Å²) < 4.78 is 23.2. The van der Waals surface area contributed by atoms with Crippen molar-refractivity contribution >= 4 is 32.5 Å². The van der Waals surface area contributed by atoms with Crippen LogP contribution in [0.2, 0.25) is 5.02 Å². The molecule has 3 rings (SSSR count). The topological polar surface area (TPSA) is 62.8 Å². The van der Waals surface area contributed by atoms with Crippen molar-refractivity contribution < 1.29 is 8.42 Å². The Hall–Kier alpha value is -1.85. The molecule has 0 aliphatic heterocycles. The molecule has 0 bridgehead atoms. The van der Waals surface area contributed by atoms with E-state index in [1.807, 2.05) is 25.1 Å². The van der Waals surface area contributed by atoms with Gasteiger partial charge in [0, 0.05) is 11.8 Å². The highest BCUT2D eigenvalue weighted by Crippen LogP contribution is 2.29. The third kappa shape index (κ3) is 2.66. The fraction of sp³-hybridized carbons (Fsp3) is 0.133. The van der Waals surface area contributed by atoms with Gasteiger partial charge in [0.1, 0.15) is 5.82 Å². The monoisotopic (exact) mass is 320 g/mol. The maximum Gasteiger partial charge on any atom is 0.175 e. The van der Waals surface area contributed by atoms with E-state index in [9.17, 15) is 8.42 Å². The van der Waals surface area contributed by atoms with E-state index in [0.29, 0.717) is 21.9 Å². The van der Waals surface area contributed by atoms with Crippen LogP contribution in [0, 0.1) is 6.92 Å². The molecule has 108 valence electrons. The number of aryl methyl sites for hydroxylation is 1. The number of aromatic amines is 1. The summed E-state index contributed by atoms with van der Waals surface area (Å²) in [5.41, 5.74) is 3.23. The zero-order valence-electron chi connectivity index (χ0n) is 11.5. The Morgan fingerprint density at radius 3 is 2.57 bits per heavy atom. The molecule has 1 heterocycles. The summed E-state index contributed by atoms with van der Waals surface area (Å²) in [7, 11) is -3.24. The highest BCUT2D eigenvalue weighted by molar-refractivity contribution is 7.90. The standard InChI is InChI=1S/C15H13ClN2O2S/c1-9-3-5-11(12(16)7-9)15-17-13-6-4-10(21(2,19)20)8-14(13)18-15/h3-8H,1-2H3,(H,17,18). The van der Waals surface area contributed by atoms with E-state index in [4.69, 9.17) is 11.6 Å². The molecule has 1 aromatic heterocycles. The minimum Gasteiger partial charge on any atom is -0.338 e. The van der Waals surface area contributed by atoms with Crippen LogP contribution in [0.4, 0.5) is 0 Å². The van der Waals surface area contributed by atoms with Crippen LogP contribution < -0.4 is 0 Å². The molecule has 0 fully saturated rings. The summed E-state index contributed by atoms with van der Waals surface area (Å²) in [6.07, 6.45) is 1.18. The summed E-state index contributed by atoms with van der Waals surface area (Å²) >= 11 is 6.24. The lowest BCUT2D eigenvalue weighted by Gasteiger charge is -2.01. The van der Waals surface area contributed by atoms with Crippen molar-refractivity contribution in [2.75, 3.05) is 6.26 Å². The van der Waals surface area contributed by atoms with E-state index in [0.717, 1.165) is 11.1 Å². The van der Waals surface area contributed by atoms with Crippen LogP contribution in [-0.2, 0) is 9.84 Å². The molecule has 0 spiro atoms. The molecule has 0 aliphatic carbocycles. The van der Waals surface area contributed by atoms with Gasteiger partial charge in [0.2, 0.25) is 0 Å². The summed E-state index contributed by atoms with van der Waals surface area (Å²) in [4.78, 5) is 7.85. The molecule has 6 heteroatoms. The van der Waals surface area contributed by atoms with Gasteiger partial charge in [0.05, 0.1) is 21.0 Å². The van der Waals surface area contributed by atoms with Gasteiger partial charge in [-0.3, -0.25) is 0 Å². The van der Waals surface area contributed by atoms with Crippen molar-refractivity contribution in [3.63, 3.8) is 0 Å². The molecule has 0 saturated heterocycles. The first-order valence-electron chi connectivity index (χ1n) is 6.31. The Morgan fingerprint density at radius 2 is 1.90 bits per heavy atom. The lowest BCUT2D eigenvalue weighted by molar-refractivity contribution is 0.602. The van der Waals surface area contributed by atoms with E-state index >= 15 is 0 Å². The highest BCUT2D eigenvalue weighted by Gasteiger charge is 2.12. The Kier molecular flexibility index (Phi) is 3.26. The molecule has 2 aromatic carbocycles. The van der Waals surface area contributed by atoms with Gasteiger partial charge < -0.3 is 4.98 Å². The number of rotatable bonds is 2. The molecule has 0 saturated carbocycles. The van der Waals surface area contributed by atoms with E-state index < -0.39 is 9.84 Å². The molecule has 0 amide bonds. The van der Waals surface area contributed by atoms with Crippen LogP contribution in [-0.4, -0.2) is 24.6 Å². The molecular formula is C15H13ClN2O2S. The first-order chi connectivity index (χ1) is 9.84. The lowest BCUT2D eigenvalue weighted by Crippen LogP contribution is -1.96. The highest BCUT2D eigenvalue weighted by atomic mass is 35.5. The van der Waals surface area contributed by atoms with Crippen molar-refractivity contribution in [1.29, 1.82) is 0 Å². The summed E-state index contributed by atoms with van der Waals surface area (Å²) in [5.74, 6) is 0.626. The zero-order valence-corrected chi connectivity index (χ0v) is 13.1. The van der Waals surface area contributed by atoms with Crippen LogP contribution >= 0.6 is 11.6 Å². The summed E-state index contributed by atoms with van der Waals surface area (Å²) in [6.45, 7) is 1.96. The molecule has 0 aliphatic rings. The lowest BCUT2D eigenvalue weighted by atomic mass is 10.1. The van der Waals surface area contributed by atoms with E-state index in [2.05, 4.69) is 9.97 Å². The second-order valence-corrected chi connectivity index (χ2v) is 7.44. The average Bonchev–Trinajstić information content (AvgIpc) is 2.79. The molecule has 1 N–H and O–H groups in total. The largest absolute Gasteiger partial charge is 0.338 e. The average molecular weight is 321 g/mol. The van der Waals surface area contributed by atoms with Gasteiger partial charge in [0.15, 0.2) is 9.84 Å². The minimum atomic E-state index is -3.24. The minimum absolute atomic E-state index is 0.264. The van der Waals surface area contributed by atoms with Crippen molar-refractivity contribution in [3.8, 4) is 11.4 Å². The number of halogens is 1. The van der Waals surface area contributed by atoms with Crippen molar-refractivity contribution in [2.45, 2.75) is 11.8 Å². The van der Waals surface area contributed by atoms with E-state index in [-0.39, 0.29) is 4.90 Å². The number of H-pyrrole nitrogens is 1. The van der Waals surface area contributed by atoms with Crippen LogP contribution in [0.15, 0.2) is 41.3 Å². The Labute approximate surface area is 127 Å². The van der Waals surface area contributed by atoms with Gasteiger partial charge in [-0.1, -0.05) is 17.7 Å². The normalized spacial score (nSPS) is 12.0. The molecular weight excluding hydrogens is 308 g/mol. The first-order valence-corrected chi connectivity index (χ1v) is 8.58. The smallest absolute Gasteiger partial charge is 0.175 e. The van der Waals surface area contributed by atoms with Crippen molar-refractivity contribution in [2.24, 2.45) is 0 Å². The van der Waals surface area contributed by atoms with Gasteiger partial charge in [-0.25, -0.2) is 13.4 Å². The fourth-order valence-electron chi connectivity index (χ4n) is 2.16. The number of nitrogens with zero attached hydrogens (tertiary/aromatic N) is 1. The molecule has 0 radical (unpaired) electrons. The Bertz CT molecular complexity index is 945. The van der Waals surface area contributed by atoms with E-state index in [1.54, 1.807) is 18.2 Å². The summed E-state index contributed by atoms with van der Waals surface area (Å²) in [5, 5.41) is 0.609. The predicted molar refractivity (Wildman–Crippen MR) is 84.4 cm³/mol. The number of benzene rings is 2. The van der Waals surface area contributed by atoms with Gasteiger partial charge >= 0.3 is 0 Å². The Balaban J connectivity index is 2.17. The predicted octanol–water partition coefficient (Wildman–Crippen LogP) is 3.60. The number of hydrogen-bond acceptors (Lipinski definition) is 3. The maximum atomic E-state index is 11.6.